The molecule has 94 valence electrons. The van der Waals surface area contributed by atoms with Gasteiger partial charge in [-0.1, -0.05) is 38.0 Å². The van der Waals surface area contributed by atoms with Gasteiger partial charge in [-0.3, -0.25) is 10.1 Å². The predicted molar refractivity (Wildman–Crippen MR) is 68.9 cm³/mol. The van der Waals surface area contributed by atoms with Gasteiger partial charge in [0.15, 0.2) is 0 Å². The Morgan fingerprint density at radius 1 is 1.41 bits per heavy atom. The zero-order valence-corrected chi connectivity index (χ0v) is 10.5. The zero-order valence-electron chi connectivity index (χ0n) is 10.5. The Morgan fingerprint density at radius 2 is 2.12 bits per heavy atom. The van der Waals surface area contributed by atoms with Crippen LogP contribution in [0.5, 0.6) is 0 Å². The van der Waals surface area contributed by atoms with E-state index in [0.29, 0.717) is 12.6 Å². The van der Waals surface area contributed by atoms with E-state index in [4.69, 9.17) is 0 Å². The molecular weight excluding hydrogens is 216 g/mol. The van der Waals surface area contributed by atoms with Crippen molar-refractivity contribution in [1.29, 1.82) is 0 Å². The molecule has 1 rings (SSSR count). The lowest BCUT2D eigenvalue weighted by Crippen LogP contribution is -2.25. The molecule has 1 unspecified atom stereocenters. The highest BCUT2D eigenvalue weighted by Gasteiger charge is 2.12. The number of nitro groups is 1. The van der Waals surface area contributed by atoms with E-state index in [1.54, 1.807) is 18.2 Å². The van der Waals surface area contributed by atoms with Gasteiger partial charge in [-0.25, -0.2) is 0 Å². The summed E-state index contributed by atoms with van der Waals surface area (Å²) in [6.07, 6.45) is 3.47. The highest BCUT2D eigenvalue weighted by Crippen LogP contribution is 2.17. The second-order valence-corrected chi connectivity index (χ2v) is 4.31. The highest BCUT2D eigenvalue weighted by molar-refractivity contribution is 5.39. The maximum absolute atomic E-state index is 10.8. The number of hydrogen-bond donors (Lipinski definition) is 1. The number of para-hydroxylation sites is 1. The van der Waals surface area contributed by atoms with E-state index in [-0.39, 0.29) is 10.6 Å². The number of nitrogens with zero attached hydrogens (tertiary/aromatic N) is 1. The van der Waals surface area contributed by atoms with Crippen molar-refractivity contribution in [1.82, 2.24) is 5.32 Å². The van der Waals surface area contributed by atoms with Crippen LogP contribution in [-0.2, 0) is 6.54 Å². The van der Waals surface area contributed by atoms with Crippen LogP contribution in [-0.4, -0.2) is 11.0 Å². The van der Waals surface area contributed by atoms with Gasteiger partial charge < -0.3 is 5.32 Å². The van der Waals surface area contributed by atoms with Crippen molar-refractivity contribution in [2.45, 2.75) is 45.7 Å². The second-order valence-electron chi connectivity index (χ2n) is 4.31. The summed E-state index contributed by atoms with van der Waals surface area (Å²) in [5.74, 6) is 0. The zero-order chi connectivity index (χ0) is 12.7. The van der Waals surface area contributed by atoms with Crippen LogP contribution in [0.15, 0.2) is 24.3 Å². The average Bonchev–Trinajstić information content (AvgIpc) is 2.34. The van der Waals surface area contributed by atoms with Crippen molar-refractivity contribution in [3.63, 3.8) is 0 Å². The van der Waals surface area contributed by atoms with Gasteiger partial charge in [0.25, 0.3) is 5.69 Å². The van der Waals surface area contributed by atoms with Crippen molar-refractivity contribution < 1.29 is 4.92 Å². The summed E-state index contributed by atoms with van der Waals surface area (Å²) in [4.78, 5) is 10.5. The van der Waals surface area contributed by atoms with Gasteiger partial charge >= 0.3 is 0 Å². The summed E-state index contributed by atoms with van der Waals surface area (Å²) >= 11 is 0. The maximum Gasteiger partial charge on any atom is 0.273 e. The van der Waals surface area contributed by atoms with E-state index in [9.17, 15) is 10.1 Å². The Bertz CT molecular complexity index is 366. The Kier molecular flexibility index (Phi) is 5.63. The number of nitrogens with one attached hydrogen (secondary N) is 1. The normalized spacial score (nSPS) is 12.4. The van der Waals surface area contributed by atoms with Crippen LogP contribution in [0.4, 0.5) is 5.69 Å². The van der Waals surface area contributed by atoms with E-state index in [1.165, 1.54) is 12.8 Å². The summed E-state index contributed by atoms with van der Waals surface area (Å²) in [7, 11) is 0. The van der Waals surface area contributed by atoms with E-state index < -0.39 is 0 Å². The fourth-order valence-electron chi connectivity index (χ4n) is 1.73. The van der Waals surface area contributed by atoms with Gasteiger partial charge in [-0.2, -0.15) is 0 Å². The van der Waals surface area contributed by atoms with E-state index >= 15 is 0 Å². The van der Waals surface area contributed by atoms with Crippen LogP contribution >= 0.6 is 0 Å². The van der Waals surface area contributed by atoms with Gasteiger partial charge in [0.05, 0.1) is 4.92 Å². The molecule has 1 aromatic rings. The number of benzene rings is 1. The smallest absolute Gasteiger partial charge is 0.273 e. The van der Waals surface area contributed by atoms with Crippen molar-refractivity contribution in [2.75, 3.05) is 0 Å². The van der Waals surface area contributed by atoms with Gasteiger partial charge in [-0.05, 0) is 13.3 Å². The first-order chi connectivity index (χ1) is 8.15. The minimum atomic E-state index is -0.326. The van der Waals surface area contributed by atoms with Gasteiger partial charge in [0.1, 0.15) is 0 Å². The molecule has 0 heterocycles. The molecule has 0 aromatic heterocycles. The molecular formula is C13H20N2O2. The molecule has 1 N–H and O–H groups in total. The first-order valence-corrected chi connectivity index (χ1v) is 6.10. The molecule has 0 saturated heterocycles. The van der Waals surface area contributed by atoms with Crippen molar-refractivity contribution in [2.24, 2.45) is 0 Å². The molecule has 0 bridgehead atoms. The van der Waals surface area contributed by atoms with Crippen LogP contribution < -0.4 is 5.32 Å². The van der Waals surface area contributed by atoms with Crippen LogP contribution in [0.2, 0.25) is 0 Å². The minimum absolute atomic E-state index is 0.197. The number of unbranched alkanes of at least 4 members (excludes halogenated alkanes) is 1. The van der Waals surface area contributed by atoms with Crippen LogP contribution in [0.1, 0.15) is 38.7 Å². The van der Waals surface area contributed by atoms with Crippen molar-refractivity contribution >= 4 is 5.69 Å². The van der Waals surface area contributed by atoms with Crippen molar-refractivity contribution in [3.05, 3.63) is 39.9 Å². The SMILES string of the molecule is CCCCC(C)NCc1ccccc1[N+](=O)[O-]. The van der Waals surface area contributed by atoms with Crippen LogP contribution in [0.3, 0.4) is 0 Å². The summed E-state index contributed by atoms with van der Waals surface area (Å²) < 4.78 is 0. The Morgan fingerprint density at radius 3 is 2.76 bits per heavy atom. The molecule has 0 fully saturated rings. The molecule has 0 amide bonds. The molecule has 1 aromatic carbocycles. The minimum Gasteiger partial charge on any atom is -0.310 e. The maximum atomic E-state index is 10.8. The summed E-state index contributed by atoms with van der Waals surface area (Å²) in [5.41, 5.74) is 0.948. The van der Waals surface area contributed by atoms with Gasteiger partial charge in [0.2, 0.25) is 0 Å². The van der Waals surface area contributed by atoms with Gasteiger partial charge in [0, 0.05) is 24.2 Å². The summed E-state index contributed by atoms with van der Waals surface area (Å²) in [6, 6.07) is 7.28. The average molecular weight is 236 g/mol. The van der Waals surface area contributed by atoms with E-state index in [0.717, 1.165) is 12.0 Å². The molecule has 0 aliphatic rings. The van der Waals surface area contributed by atoms with Crippen LogP contribution in [0, 0.1) is 10.1 Å². The lowest BCUT2D eigenvalue weighted by Gasteiger charge is -2.13. The number of rotatable bonds is 7. The lowest BCUT2D eigenvalue weighted by molar-refractivity contribution is -0.385. The highest BCUT2D eigenvalue weighted by atomic mass is 16.6. The Labute approximate surface area is 102 Å². The predicted octanol–water partition coefficient (Wildman–Crippen LogP) is 3.26. The first kappa shape index (κ1) is 13.6. The molecule has 0 saturated carbocycles. The fraction of sp³-hybridized carbons (Fsp3) is 0.538. The van der Waals surface area contributed by atoms with E-state index in [2.05, 4.69) is 19.2 Å². The molecule has 1 atom stereocenters. The quantitative estimate of drug-likeness (QED) is 0.584. The number of nitro benzene ring substituents is 1. The summed E-state index contributed by atoms with van der Waals surface area (Å²) in [6.45, 7) is 4.83. The van der Waals surface area contributed by atoms with Crippen LogP contribution in [0.25, 0.3) is 0 Å². The molecule has 0 spiro atoms. The standard InChI is InChI=1S/C13H20N2O2/c1-3-4-7-11(2)14-10-12-8-5-6-9-13(12)15(16)17/h5-6,8-9,11,14H,3-4,7,10H2,1-2H3. The molecule has 0 aliphatic heterocycles. The third-order valence-corrected chi connectivity index (χ3v) is 2.82. The fourth-order valence-corrected chi connectivity index (χ4v) is 1.73. The van der Waals surface area contributed by atoms with E-state index in [1.807, 2.05) is 6.07 Å². The van der Waals surface area contributed by atoms with Crippen molar-refractivity contribution in [3.8, 4) is 0 Å². The lowest BCUT2D eigenvalue weighted by atomic mass is 10.1. The number of hydrogen-bond acceptors (Lipinski definition) is 3. The summed E-state index contributed by atoms with van der Waals surface area (Å²) in [5, 5.41) is 14.1. The molecule has 0 aliphatic carbocycles. The third-order valence-electron chi connectivity index (χ3n) is 2.82. The molecule has 4 nitrogen and oxygen atoms in total. The molecule has 4 heteroatoms. The molecule has 0 radical (unpaired) electrons. The van der Waals surface area contributed by atoms with Gasteiger partial charge in [-0.15, -0.1) is 0 Å². The largest absolute Gasteiger partial charge is 0.310 e. The topological polar surface area (TPSA) is 55.2 Å². The first-order valence-electron chi connectivity index (χ1n) is 6.10. The second kappa shape index (κ2) is 7.01. The molecule has 17 heavy (non-hydrogen) atoms. The Balaban J connectivity index is 2.54. The monoisotopic (exact) mass is 236 g/mol. The third kappa shape index (κ3) is 4.53. The Hall–Kier alpha value is -1.42.